The Bertz CT molecular complexity index is 884. The first-order chi connectivity index (χ1) is 10.2. The lowest BCUT2D eigenvalue weighted by atomic mass is 10.0. The molecule has 5 heteroatoms. The van der Waals surface area contributed by atoms with E-state index >= 15 is 0 Å². The Morgan fingerprint density at radius 1 is 1.33 bits per heavy atom. The summed E-state index contributed by atoms with van der Waals surface area (Å²) in [6.07, 6.45) is 3.51. The van der Waals surface area contributed by atoms with E-state index in [0.29, 0.717) is 16.7 Å². The lowest BCUT2D eigenvalue weighted by molar-refractivity contribution is 0.407. The number of hydrogen-bond donors (Lipinski definition) is 1. The summed E-state index contributed by atoms with van der Waals surface area (Å²) in [5, 5.41) is 1.98. The molecule has 2 aromatic heterocycles. The van der Waals surface area contributed by atoms with Gasteiger partial charge in [0.1, 0.15) is 11.2 Å². The summed E-state index contributed by atoms with van der Waals surface area (Å²) in [6, 6.07) is 5.54. The molecule has 5 nitrogen and oxygen atoms in total. The third-order valence-electron chi connectivity index (χ3n) is 3.57. The molecule has 0 amide bonds. The molecule has 0 atom stereocenters. The van der Waals surface area contributed by atoms with Crippen molar-refractivity contribution in [3.05, 3.63) is 40.4 Å². The molecule has 0 spiro atoms. The Morgan fingerprint density at radius 3 is 2.86 bits per heavy atom. The number of aromatic nitrogens is 1. The van der Waals surface area contributed by atoms with Crippen LogP contribution in [0.3, 0.4) is 0 Å². The first kappa shape index (κ1) is 13.4. The smallest absolute Gasteiger partial charge is 0.348 e. The van der Waals surface area contributed by atoms with Crippen LogP contribution in [0.1, 0.15) is 18.9 Å². The van der Waals surface area contributed by atoms with Crippen LogP contribution in [0.2, 0.25) is 0 Å². The molecule has 3 aromatic rings. The van der Waals surface area contributed by atoms with Gasteiger partial charge in [0.25, 0.3) is 0 Å². The van der Waals surface area contributed by atoms with E-state index in [-0.39, 0.29) is 5.82 Å². The van der Waals surface area contributed by atoms with Crippen LogP contribution in [0.25, 0.3) is 21.7 Å². The van der Waals surface area contributed by atoms with Crippen LogP contribution >= 0.6 is 0 Å². The molecule has 0 saturated heterocycles. The molecule has 21 heavy (non-hydrogen) atoms. The number of pyridine rings is 1. The molecule has 0 aliphatic rings. The zero-order valence-corrected chi connectivity index (χ0v) is 12.0. The summed E-state index contributed by atoms with van der Waals surface area (Å²) in [6.45, 7) is 2.08. The van der Waals surface area contributed by atoms with Crippen LogP contribution in [-0.4, -0.2) is 12.1 Å². The predicted molar refractivity (Wildman–Crippen MR) is 82.7 cm³/mol. The molecule has 3 rings (SSSR count). The third-order valence-corrected chi connectivity index (χ3v) is 3.57. The molecule has 2 N–H and O–H groups in total. The van der Waals surface area contributed by atoms with Gasteiger partial charge in [-0.15, -0.1) is 0 Å². The summed E-state index contributed by atoms with van der Waals surface area (Å²) in [5.74, 6) is 0.729. The van der Waals surface area contributed by atoms with E-state index in [1.807, 2.05) is 12.1 Å². The quantitative estimate of drug-likeness (QED) is 0.591. The van der Waals surface area contributed by atoms with Crippen LogP contribution in [-0.2, 0) is 6.42 Å². The number of methoxy groups -OCH3 is 1. The number of hydrogen-bond acceptors (Lipinski definition) is 5. The number of benzene rings is 1. The van der Waals surface area contributed by atoms with Gasteiger partial charge in [0.05, 0.1) is 7.11 Å². The van der Waals surface area contributed by atoms with Crippen LogP contribution in [0.15, 0.2) is 33.6 Å². The molecular formula is C16H16N2O3. The monoisotopic (exact) mass is 284 g/mol. The van der Waals surface area contributed by atoms with E-state index in [1.165, 1.54) is 0 Å². The average molecular weight is 284 g/mol. The van der Waals surface area contributed by atoms with Crippen LogP contribution < -0.4 is 16.1 Å². The molecule has 2 heterocycles. The molecule has 0 saturated carbocycles. The minimum Gasteiger partial charge on any atom is -0.493 e. The maximum atomic E-state index is 12.3. The van der Waals surface area contributed by atoms with Gasteiger partial charge in [0.2, 0.25) is 0 Å². The third kappa shape index (κ3) is 2.01. The minimum absolute atomic E-state index is 0.198. The summed E-state index contributed by atoms with van der Waals surface area (Å²) < 4.78 is 10.7. The second-order valence-electron chi connectivity index (χ2n) is 4.90. The number of nitrogen functional groups attached to an aromatic ring is 1. The molecular weight excluding hydrogens is 268 g/mol. The largest absolute Gasteiger partial charge is 0.493 e. The number of rotatable bonds is 3. The Labute approximate surface area is 121 Å². The van der Waals surface area contributed by atoms with E-state index in [0.717, 1.165) is 29.2 Å². The van der Waals surface area contributed by atoms with Crippen molar-refractivity contribution < 1.29 is 9.15 Å². The van der Waals surface area contributed by atoms with Gasteiger partial charge in [0.15, 0.2) is 11.3 Å². The van der Waals surface area contributed by atoms with Gasteiger partial charge in [-0.3, -0.25) is 0 Å². The number of para-hydroxylation sites is 1. The highest BCUT2D eigenvalue weighted by Crippen LogP contribution is 2.33. The van der Waals surface area contributed by atoms with Crippen LogP contribution in [0.4, 0.5) is 5.82 Å². The van der Waals surface area contributed by atoms with Crippen molar-refractivity contribution in [1.29, 1.82) is 0 Å². The standard InChI is InChI=1S/C16H16N2O3/c1-3-5-9-8-18-15(17)13-12(9)10-6-4-7-11(20-2)14(10)21-16(13)19/h4,6-8H,3,5H2,1-2H3,(H2,17,18). The molecule has 0 bridgehead atoms. The van der Waals surface area contributed by atoms with Gasteiger partial charge in [0, 0.05) is 17.0 Å². The fourth-order valence-corrected chi connectivity index (χ4v) is 2.66. The second kappa shape index (κ2) is 5.09. The van der Waals surface area contributed by atoms with E-state index in [4.69, 9.17) is 14.9 Å². The number of fused-ring (bicyclic) bond motifs is 3. The van der Waals surface area contributed by atoms with Crippen molar-refractivity contribution in [3.63, 3.8) is 0 Å². The number of anilines is 1. The summed E-state index contributed by atoms with van der Waals surface area (Å²) in [5.41, 5.74) is 6.84. The lowest BCUT2D eigenvalue weighted by Crippen LogP contribution is -2.07. The minimum atomic E-state index is -0.482. The molecule has 0 radical (unpaired) electrons. The van der Waals surface area contributed by atoms with Crippen molar-refractivity contribution in [2.75, 3.05) is 12.8 Å². The lowest BCUT2D eigenvalue weighted by Gasteiger charge is -2.11. The highest BCUT2D eigenvalue weighted by Gasteiger charge is 2.16. The Morgan fingerprint density at radius 2 is 2.14 bits per heavy atom. The van der Waals surface area contributed by atoms with Crippen molar-refractivity contribution in [2.45, 2.75) is 19.8 Å². The summed E-state index contributed by atoms with van der Waals surface area (Å²) in [4.78, 5) is 16.4. The highest BCUT2D eigenvalue weighted by molar-refractivity contribution is 6.10. The van der Waals surface area contributed by atoms with E-state index < -0.39 is 5.63 Å². The zero-order chi connectivity index (χ0) is 15.0. The maximum absolute atomic E-state index is 12.3. The SMILES string of the molecule is CCCc1cnc(N)c2c(=O)oc3c(OC)cccc3c12. The molecule has 0 fully saturated rings. The van der Waals surface area contributed by atoms with Gasteiger partial charge < -0.3 is 14.9 Å². The molecule has 1 aromatic carbocycles. The normalized spacial score (nSPS) is 11.1. The number of nitrogens with two attached hydrogens (primary N) is 1. The topological polar surface area (TPSA) is 78.4 Å². The first-order valence-corrected chi connectivity index (χ1v) is 6.84. The molecule has 0 aliphatic heterocycles. The van der Waals surface area contributed by atoms with Crippen LogP contribution in [0, 0.1) is 0 Å². The highest BCUT2D eigenvalue weighted by atomic mass is 16.5. The fraction of sp³-hybridized carbons (Fsp3) is 0.250. The zero-order valence-electron chi connectivity index (χ0n) is 12.0. The van der Waals surface area contributed by atoms with E-state index in [1.54, 1.807) is 19.4 Å². The van der Waals surface area contributed by atoms with Gasteiger partial charge in [-0.05, 0) is 18.1 Å². The van der Waals surface area contributed by atoms with Crippen LogP contribution in [0.5, 0.6) is 5.75 Å². The average Bonchev–Trinajstić information content (AvgIpc) is 2.49. The van der Waals surface area contributed by atoms with Gasteiger partial charge >= 0.3 is 5.63 Å². The molecule has 0 aliphatic carbocycles. The second-order valence-corrected chi connectivity index (χ2v) is 4.90. The summed E-state index contributed by atoms with van der Waals surface area (Å²) >= 11 is 0. The fourth-order valence-electron chi connectivity index (χ4n) is 2.66. The van der Waals surface area contributed by atoms with Crippen molar-refractivity contribution in [2.24, 2.45) is 0 Å². The number of ether oxygens (including phenoxy) is 1. The molecule has 108 valence electrons. The van der Waals surface area contributed by atoms with Gasteiger partial charge in [-0.1, -0.05) is 25.5 Å². The molecule has 0 unspecified atom stereocenters. The number of aryl methyl sites for hydroxylation is 1. The maximum Gasteiger partial charge on any atom is 0.348 e. The van der Waals surface area contributed by atoms with E-state index in [9.17, 15) is 4.79 Å². The van der Waals surface area contributed by atoms with Gasteiger partial charge in [-0.25, -0.2) is 9.78 Å². The van der Waals surface area contributed by atoms with Crippen molar-refractivity contribution >= 4 is 27.6 Å². The Kier molecular flexibility index (Phi) is 3.25. The van der Waals surface area contributed by atoms with E-state index in [2.05, 4.69) is 11.9 Å². The first-order valence-electron chi connectivity index (χ1n) is 6.84. The summed E-state index contributed by atoms with van der Waals surface area (Å²) in [7, 11) is 1.55. The van der Waals surface area contributed by atoms with Gasteiger partial charge in [-0.2, -0.15) is 0 Å². The predicted octanol–water partition coefficient (Wildman–Crippen LogP) is 2.88. The van der Waals surface area contributed by atoms with Crippen molar-refractivity contribution in [3.8, 4) is 5.75 Å². The Hall–Kier alpha value is -2.56. The Balaban J connectivity index is 2.58. The van der Waals surface area contributed by atoms with Crippen molar-refractivity contribution in [1.82, 2.24) is 4.98 Å². The number of nitrogens with zero attached hydrogens (tertiary/aromatic N) is 1.